The summed E-state index contributed by atoms with van der Waals surface area (Å²) in [7, 11) is 0. The molecule has 15 heavy (non-hydrogen) atoms. The summed E-state index contributed by atoms with van der Waals surface area (Å²) in [5.74, 6) is 0.247. The highest BCUT2D eigenvalue weighted by Crippen LogP contribution is 2.39. The van der Waals surface area contributed by atoms with Crippen molar-refractivity contribution in [3.05, 3.63) is 18.2 Å². The maximum Gasteiger partial charge on any atom is 0.222 e. The molecule has 82 valence electrons. The Kier molecular flexibility index (Phi) is 2.56. The van der Waals surface area contributed by atoms with Gasteiger partial charge >= 0.3 is 0 Å². The van der Waals surface area contributed by atoms with Gasteiger partial charge in [0.1, 0.15) is 0 Å². The van der Waals surface area contributed by atoms with Crippen molar-refractivity contribution in [2.45, 2.75) is 25.4 Å². The van der Waals surface area contributed by atoms with Crippen molar-refractivity contribution in [1.82, 2.24) is 9.97 Å². The molecule has 0 amide bonds. The molecule has 0 aliphatic heterocycles. The highest BCUT2D eigenvalue weighted by molar-refractivity contribution is 5.23. The number of aromatic nitrogens is 2. The molecule has 5 heteroatoms. The van der Waals surface area contributed by atoms with Gasteiger partial charge < -0.3 is 10.4 Å². The molecule has 1 atom stereocenters. The molecule has 1 unspecified atom stereocenters. The molecule has 0 aromatic carbocycles. The number of nitrogens with zero attached hydrogens (tertiary/aromatic N) is 2. The summed E-state index contributed by atoms with van der Waals surface area (Å²) in [6, 6.07) is 0. The van der Waals surface area contributed by atoms with E-state index in [-0.39, 0.29) is 0 Å². The van der Waals surface area contributed by atoms with E-state index in [1.54, 1.807) is 6.92 Å². The Hall–Kier alpha value is -1.23. The lowest BCUT2D eigenvalue weighted by molar-refractivity contribution is 0.0501. The van der Waals surface area contributed by atoms with E-state index in [2.05, 4.69) is 15.3 Å². The van der Waals surface area contributed by atoms with Gasteiger partial charge in [0.25, 0.3) is 0 Å². The van der Waals surface area contributed by atoms with E-state index in [9.17, 15) is 9.50 Å². The highest BCUT2D eigenvalue weighted by atomic mass is 19.1. The van der Waals surface area contributed by atoms with Gasteiger partial charge in [0, 0.05) is 6.54 Å². The first kappa shape index (κ1) is 10.3. The number of aliphatic hydroxyl groups is 1. The van der Waals surface area contributed by atoms with Crippen LogP contribution in [-0.4, -0.2) is 27.2 Å². The molecule has 1 heterocycles. The molecule has 0 saturated heterocycles. The number of rotatable bonds is 4. The molecular formula is C10H14FN3O. The molecule has 2 rings (SSSR count). The monoisotopic (exact) mass is 211 g/mol. The Morgan fingerprint density at radius 1 is 1.53 bits per heavy atom. The fourth-order valence-corrected chi connectivity index (χ4v) is 1.51. The van der Waals surface area contributed by atoms with Gasteiger partial charge in [0.15, 0.2) is 5.82 Å². The lowest BCUT2D eigenvalue weighted by Gasteiger charge is -2.23. The van der Waals surface area contributed by atoms with E-state index in [0.29, 0.717) is 18.4 Å². The molecule has 1 aromatic heterocycles. The average Bonchev–Trinajstić information content (AvgIpc) is 3.00. The molecule has 2 N–H and O–H groups in total. The smallest absolute Gasteiger partial charge is 0.222 e. The maximum atomic E-state index is 12.5. The third-order valence-electron chi connectivity index (χ3n) is 2.68. The van der Waals surface area contributed by atoms with Crippen molar-refractivity contribution < 1.29 is 9.50 Å². The third-order valence-corrected chi connectivity index (χ3v) is 2.68. The zero-order valence-electron chi connectivity index (χ0n) is 8.57. The Morgan fingerprint density at radius 3 is 2.67 bits per heavy atom. The van der Waals surface area contributed by atoms with Gasteiger partial charge in [-0.15, -0.1) is 0 Å². The Labute approximate surface area is 87.6 Å². The van der Waals surface area contributed by atoms with Crippen molar-refractivity contribution in [1.29, 1.82) is 0 Å². The third kappa shape index (κ3) is 2.62. The second-order valence-electron chi connectivity index (χ2n) is 4.21. The van der Waals surface area contributed by atoms with Crippen LogP contribution in [0.1, 0.15) is 19.8 Å². The molecule has 1 aliphatic carbocycles. The van der Waals surface area contributed by atoms with Gasteiger partial charge in [0.2, 0.25) is 5.95 Å². The van der Waals surface area contributed by atoms with Crippen LogP contribution in [0.5, 0.6) is 0 Å². The fourth-order valence-electron chi connectivity index (χ4n) is 1.51. The molecule has 0 spiro atoms. The SMILES string of the molecule is CC(O)(CNc1ncc(F)cn1)C1CC1. The summed E-state index contributed by atoms with van der Waals surface area (Å²) in [6.07, 6.45) is 4.33. The summed E-state index contributed by atoms with van der Waals surface area (Å²) in [6.45, 7) is 2.19. The van der Waals surface area contributed by atoms with Crippen molar-refractivity contribution in [3.8, 4) is 0 Å². The molecule has 0 radical (unpaired) electrons. The van der Waals surface area contributed by atoms with Gasteiger partial charge in [-0.3, -0.25) is 0 Å². The second kappa shape index (κ2) is 3.73. The van der Waals surface area contributed by atoms with Gasteiger partial charge in [-0.1, -0.05) is 0 Å². The molecule has 0 bridgehead atoms. The molecule has 1 aromatic rings. The van der Waals surface area contributed by atoms with Gasteiger partial charge in [-0.2, -0.15) is 0 Å². The lowest BCUT2D eigenvalue weighted by atomic mass is 10.0. The second-order valence-corrected chi connectivity index (χ2v) is 4.21. The van der Waals surface area contributed by atoms with Crippen LogP contribution >= 0.6 is 0 Å². The number of nitrogens with one attached hydrogen (secondary N) is 1. The first-order valence-corrected chi connectivity index (χ1v) is 5.02. The van der Waals surface area contributed by atoms with E-state index in [0.717, 1.165) is 25.2 Å². The van der Waals surface area contributed by atoms with Crippen LogP contribution in [0, 0.1) is 11.7 Å². The maximum absolute atomic E-state index is 12.5. The van der Waals surface area contributed by atoms with E-state index < -0.39 is 11.4 Å². The van der Waals surface area contributed by atoms with Crippen LogP contribution < -0.4 is 5.32 Å². The normalized spacial score (nSPS) is 19.7. The molecule has 1 aliphatic rings. The van der Waals surface area contributed by atoms with Gasteiger partial charge in [0.05, 0.1) is 18.0 Å². The molecule has 4 nitrogen and oxygen atoms in total. The average molecular weight is 211 g/mol. The van der Waals surface area contributed by atoms with Crippen LogP contribution in [0.25, 0.3) is 0 Å². The van der Waals surface area contributed by atoms with Crippen LogP contribution in [-0.2, 0) is 0 Å². The predicted molar refractivity (Wildman–Crippen MR) is 53.8 cm³/mol. The number of hydrogen-bond donors (Lipinski definition) is 2. The predicted octanol–water partition coefficient (Wildman–Crippen LogP) is 1.19. The Balaban J connectivity index is 1.89. The van der Waals surface area contributed by atoms with Crippen LogP contribution in [0.2, 0.25) is 0 Å². The Bertz CT molecular complexity index is 335. The van der Waals surface area contributed by atoms with Gasteiger partial charge in [-0.05, 0) is 25.7 Å². The number of anilines is 1. The van der Waals surface area contributed by atoms with Crippen molar-refractivity contribution in [3.63, 3.8) is 0 Å². The van der Waals surface area contributed by atoms with Crippen LogP contribution in [0.4, 0.5) is 10.3 Å². The minimum atomic E-state index is -0.724. The Morgan fingerprint density at radius 2 is 2.13 bits per heavy atom. The fraction of sp³-hybridized carbons (Fsp3) is 0.600. The largest absolute Gasteiger partial charge is 0.388 e. The van der Waals surface area contributed by atoms with E-state index in [4.69, 9.17) is 0 Å². The lowest BCUT2D eigenvalue weighted by Crippen LogP contribution is -2.36. The summed E-state index contributed by atoms with van der Waals surface area (Å²) >= 11 is 0. The van der Waals surface area contributed by atoms with Crippen molar-refractivity contribution in [2.24, 2.45) is 5.92 Å². The molecule has 1 saturated carbocycles. The van der Waals surface area contributed by atoms with E-state index >= 15 is 0 Å². The zero-order chi connectivity index (χ0) is 10.9. The van der Waals surface area contributed by atoms with Crippen molar-refractivity contribution >= 4 is 5.95 Å². The van der Waals surface area contributed by atoms with Crippen LogP contribution in [0.3, 0.4) is 0 Å². The number of hydrogen-bond acceptors (Lipinski definition) is 4. The van der Waals surface area contributed by atoms with E-state index in [1.807, 2.05) is 0 Å². The topological polar surface area (TPSA) is 58.0 Å². The first-order valence-electron chi connectivity index (χ1n) is 5.02. The number of halogens is 1. The minimum Gasteiger partial charge on any atom is -0.388 e. The molecular weight excluding hydrogens is 197 g/mol. The standard InChI is InChI=1S/C10H14FN3O/c1-10(15,7-2-3-7)6-14-9-12-4-8(11)5-13-9/h4-5,7,15H,2-3,6H2,1H3,(H,12,13,14). The first-order chi connectivity index (χ1) is 7.08. The van der Waals surface area contributed by atoms with E-state index in [1.165, 1.54) is 0 Å². The minimum absolute atomic E-state index is 0.345. The van der Waals surface area contributed by atoms with Crippen LogP contribution in [0.15, 0.2) is 12.4 Å². The summed E-state index contributed by atoms with van der Waals surface area (Å²) in [4.78, 5) is 7.51. The zero-order valence-corrected chi connectivity index (χ0v) is 8.57. The van der Waals surface area contributed by atoms with Crippen molar-refractivity contribution in [2.75, 3.05) is 11.9 Å². The summed E-state index contributed by atoms with van der Waals surface area (Å²) in [5.41, 5.74) is -0.724. The highest BCUT2D eigenvalue weighted by Gasteiger charge is 2.39. The quantitative estimate of drug-likeness (QED) is 0.785. The summed E-state index contributed by atoms with van der Waals surface area (Å²) < 4.78 is 12.5. The van der Waals surface area contributed by atoms with Gasteiger partial charge in [-0.25, -0.2) is 14.4 Å². The molecule has 1 fully saturated rings. The summed E-state index contributed by atoms with van der Waals surface area (Å²) in [5, 5.41) is 12.9.